The molecule has 0 saturated carbocycles. The summed E-state index contributed by atoms with van der Waals surface area (Å²) in [5, 5.41) is 2.25. The van der Waals surface area contributed by atoms with Crippen molar-refractivity contribution < 1.29 is 0 Å². The lowest BCUT2D eigenvalue weighted by atomic mass is 10.0. The molecule has 1 aliphatic heterocycles. The van der Waals surface area contributed by atoms with Crippen molar-refractivity contribution >= 4 is 22.8 Å². The summed E-state index contributed by atoms with van der Waals surface area (Å²) in [5.74, 6) is 0. The van der Waals surface area contributed by atoms with E-state index in [0.717, 1.165) is 24.5 Å². The zero-order valence-corrected chi connectivity index (χ0v) is 18.9. The highest BCUT2D eigenvalue weighted by molar-refractivity contribution is 5.73. The summed E-state index contributed by atoms with van der Waals surface area (Å²) < 4.78 is 0. The van der Waals surface area contributed by atoms with Crippen LogP contribution in [-0.2, 0) is 0 Å². The first kappa shape index (κ1) is 20.9. The molecule has 3 aromatic carbocycles. The van der Waals surface area contributed by atoms with Crippen molar-refractivity contribution in [2.75, 3.05) is 42.0 Å². The lowest BCUT2D eigenvalue weighted by molar-refractivity contribution is 0.724. The summed E-state index contributed by atoms with van der Waals surface area (Å²) in [6.45, 7) is 6.43. The van der Waals surface area contributed by atoms with Gasteiger partial charge in [0.1, 0.15) is 0 Å². The Kier molecular flexibility index (Phi) is 6.17. The molecule has 0 saturated heterocycles. The van der Waals surface area contributed by atoms with Crippen LogP contribution in [-0.4, -0.2) is 27.2 Å². The van der Waals surface area contributed by atoms with Gasteiger partial charge in [-0.3, -0.25) is 10.4 Å². The minimum Gasteiger partial charge on any atom is -0.378 e. The van der Waals surface area contributed by atoms with E-state index in [9.17, 15) is 0 Å². The van der Waals surface area contributed by atoms with Crippen LogP contribution in [0.25, 0.3) is 5.70 Å². The quantitative estimate of drug-likeness (QED) is 0.537. The van der Waals surface area contributed by atoms with Gasteiger partial charge >= 0.3 is 0 Å². The van der Waals surface area contributed by atoms with Crippen LogP contribution in [0.4, 0.5) is 17.1 Å². The third-order valence-electron chi connectivity index (χ3n) is 5.94. The molecule has 0 spiro atoms. The van der Waals surface area contributed by atoms with Gasteiger partial charge in [0.15, 0.2) is 0 Å². The van der Waals surface area contributed by atoms with Crippen LogP contribution in [0, 0.1) is 0 Å². The van der Waals surface area contributed by atoms with Gasteiger partial charge in [-0.25, -0.2) is 0 Å². The van der Waals surface area contributed by atoms with E-state index in [-0.39, 0.29) is 6.04 Å². The molecule has 4 heteroatoms. The van der Waals surface area contributed by atoms with Crippen LogP contribution in [0.2, 0.25) is 0 Å². The fourth-order valence-corrected chi connectivity index (χ4v) is 4.10. The van der Waals surface area contributed by atoms with Crippen LogP contribution in [0.3, 0.4) is 0 Å². The van der Waals surface area contributed by atoms with Crippen LogP contribution >= 0.6 is 0 Å². The summed E-state index contributed by atoms with van der Waals surface area (Å²) in [6.07, 6.45) is 2.32. The number of hydrogen-bond donors (Lipinski definition) is 1. The van der Waals surface area contributed by atoms with Crippen LogP contribution < -0.4 is 20.2 Å². The fourth-order valence-electron chi connectivity index (χ4n) is 4.10. The van der Waals surface area contributed by atoms with Gasteiger partial charge in [0.05, 0.1) is 17.4 Å². The molecular formula is C27H32N4. The molecule has 4 nitrogen and oxygen atoms in total. The molecule has 3 aromatic rings. The van der Waals surface area contributed by atoms with Gasteiger partial charge in [-0.2, -0.15) is 0 Å². The van der Waals surface area contributed by atoms with E-state index in [1.54, 1.807) is 0 Å². The molecule has 0 amide bonds. The summed E-state index contributed by atoms with van der Waals surface area (Å²) in [4.78, 5) is 4.50. The number of para-hydroxylation sites is 1. The lowest BCUT2D eigenvalue weighted by Gasteiger charge is -2.28. The highest BCUT2D eigenvalue weighted by Gasteiger charge is 2.27. The van der Waals surface area contributed by atoms with Crippen LogP contribution in [0.1, 0.15) is 31.0 Å². The molecule has 0 aliphatic carbocycles. The second kappa shape index (κ2) is 9.17. The summed E-state index contributed by atoms with van der Waals surface area (Å²) in [5.41, 5.74) is 10.9. The van der Waals surface area contributed by atoms with Gasteiger partial charge in [0.25, 0.3) is 0 Å². The number of hydrazine groups is 1. The Balaban J connectivity index is 1.66. The molecule has 160 valence electrons. The van der Waals surface area contributed by atoms with E-state index >= 15 is 0 Å². The first-order valence-electron chi connectivity index (χ1n) is 11.1. The molecule has 0 aromatic heterocycles. The highest BCUT2D eigenvalue weighted by atomic mass is 15.5. The predicted octanol–water partition coefficient (Wildman–Crippen LogP) is 5.71. The second-order valence-corrected chi connectivity index (χ2v) is 8.05. The molecule has 1 unspecified atom stereocenters. The minimum absolute atomic E-state index is 0.121. The van der Waals surface area contributed by atoms with Crippen molar-refractivity contribution in [1.82, 2.24) is 5.43 Å². The van der Waals surface area contributed by atoms with Gasteiger partial charge in [-0.05, 0) is 67.4 Å². The minimum atomic E-state index is 0.121. The van der Waals surface area contributed by atoms with Crippen molar-refractivity contribution in [3.05, 3.63) is 96.1 Å². The van der Waals surface area contributed by atoms with E-state index in [2.05, 4.69) is 133 Å². The number of anilines is 3. The molecule has 1 N–H and O–H groups in total. The molecule has 0 bridgehead atoms. The highest BCUT2D eigenvalue weighted by Crippen LogP contribution is 2.35. The zero-order valence-electron chi connectivity index (χ0n) is 18.9. The molecule has 4 rings (SSSR count). The fraction of sp³-hybridized carbons (Fsp3) is 0.259. The van der Waals surface area contributed by atoms with Gasteiger partial charge in [-0.15, -0.1) is 0 Å². The molecule has 1 atom stereocenters. The number of benzene rings is 3. The van der Waals surface area contributed by atoms with Gasteiger partial charge in [0, 0.05) is 38.6 Å². The standard InChI is InChI=1S/C27H32N4/c1-5-30(6-2)24-18-12-21(13-19-24)26-20-27(22-14-16-23(17-15-22)29(3)4)31(28-26)25-10-8-7-9-11-25/h7-20,27-28H,5-6H2,1-4H3. The first-order chi connectivity index (χ1) is 15.1. The summed E-state index contributed by atoms with van der Waals surface area (Å²) >= 11 is 0. The van der Waals surface area contributed by atoms with Crippen molar-refractivity contribution in [3.63, 3.8) is 0 Å². The molecule has 1 aliphatic rings. The number of rotatable bonds is 7. The van der Waals surface area contributed by atoms with Gasteiger partial charge in [-0.1, -0.05) is 42.5 Å². The third-order valence-corrected chi connectivity index (χ3v) is 5.94. The van der Waals surface area contributed by atoms with E-state index in [4.69, 9.17) is 0 Å². The summed E-state index contributed by atoms with van der Waals surface area (Å²) in [7, 11) is 4.14. The third kappa shape index (κ3) is 4.38. The Morgan fingerprint density at radius 1 is 0.774 bits per heavy atom. The largest absolute Gasteiger partial charge is 0.378 e. The van der Waals surface area contributed by atoms with E-state index in [1.807, 2.05) is 0 Å². The van der Waals surface area contributed by atoms with Gasteiger partial charge < -0.3 is 9.80 Å². The molecule has 0 radical (unpaired) electrons. The monoisotopic (exact) mass is 412 g/mol. The Labute approximate surface area is 186 Å². The Bertz CT molecular complexity index is 1000. The number of nitrogens with zero attached hydrogens (tertiary/aromatic N) is 3. The normalized spacial score (nSPS) is 15.4. The lowest BCUT2D eigenvalue weighted by Crippen LogP contribution is -2.33. The maximum atomic E-state index is 3.66. The second-order valence-electron chi connectivity index (χ2n) is 8.05. The van der Waals surface area contributed by atoms with Crippen molar-refractivity contribution in [3.8, 4) is 0 Å². The first-order valence-corrected chi connectivity index (χ1v) is 11.1. The molecule has 31 heavy (non-hydrogen) atoms. The Morgan fingerprint density at radius 3 is 1.97 bits per heavy atom. The molecular weight excluding hydrogens is 380 g/mol. The van der Waals surface area contributed by atoms with Crippen molar-refractivity contribution in [1.29, 1.82) is 0 Å². The molecule has 0 fully saturated rings. The van der Waals surface area contributed by atoms with E-state index < -0.39 is 0 Å². The average Bonchev–Trinajstić information content (AvgIpc) is 3.26. The Hall–Kier alpha value is -3.40. The Morgan fingerprint density at radius 2 is 1.39 bits per heavy atom. The van der Waals surface area contributed by atoms with E-state index in [0.29, 0.717) is 0 Å². The average molecular weight is 413 g/mol. The molecule has 1 heterocycles. The van der Waals surface area contributed by atoms with Crippen LogP contribution in [0.5, 0.6) is 0 Å². The summed E-state index contributed by atoms with van der Waals surface area (Å²) in [6, 6.07) is 28.3. The maximum absolute atomic E-state index is 3.66. The zero-order chi connectivity index (χ0) is 21.8. The van der Waals surface area contributed by atoms with E-state index in [1.165, 1.54) is 22.5 Å². The number of nitrogens with one attached hydrogen (secondary N) is 1. The smallest absolute Gasteiger partial charge is 0.0958 e. The van der Waals surface area contributed by atoms with Crippen LogP contribution in [0.15, 0.2) is 84.9 Å². The van der Waals surface area contributed by atoms with Gasteiger partial charge in [0.2, 0.25) is 0 Å². The maximum Gasteiger partial charge on any atom is 0.0958 e. The topological polar surface area (TPSA) is 21.8 Å². The predicted molar refractivity (Wildman–Crippen MR) is 134 cm³/mol. The van der Waals surface area contributed by atoms with Crippen molar-refractivity contribution in [2.24, 2.45) is 0 Å². The van der Waals surface area contributed by atoms with Crippen molar-refractivity contribution in [2.45, 2.75) is 19.9 Å². The number of hydrogen-bond acceptors (Lipinski definition) is 4. The SMILES string of the molecule is CCN(CC)c1ccc(C2=CC(c3ccc(N(C)C)cc3)N(c3ccccc3)N2)cc1.